The van der Waals surface area contributed by atoms with Gasteiger partial charge in [0, 0.05) is 19.1 Å². The molecule has 3 N–H and O–H groups in total. The maximum absolute atomic E-state index is 12.5. The molecule has 118 valence electrons. The number of piperidine rings is 1. The summed E-state index contributed by atoms with van der Waals surface area (Å²) in [7, 11) is -3.43. The average molecular weight is 311 g/mol. The molecule has 0 amide bonds. The van der Waals surface area contributed by atoms with Crippen LogP contribution in [0, 0.1) is 5.92 Å². The van der Waals surface area contributed by atoms with Crippen LogP contribution >= 0.6 is 0 Å². The Kier molecular flexibility index (Phi) is 5.75. The molecule has 0 aromatic heterocycles. The predicted octanol–water partition coefficient (Wildman–Crippen LogP) is 1.64. The maximum Gasteiger partial charge on any atom is 0.280 e. The van der Waals surface area contributed by atoms with Crippen LogP contribution in [-0.4, -0.2) is 32.4 Å². The van der Waals surface area contributed by atoms with Gasteiger partial charge in [-0.15, -0.1) is 0 Å². The van der Waals surface area contributed by atoms with Gasteiger partial charge < -0.3 is 5.73 Å². The Hall–Kier alpha value is -0.950. The zero-order chi connectivity index (χ0) is 15.3. The highest BCUT2D eigenvalue weighted by Gasteiger charge is 2.29. The third kappa shape index (κ3) is 4.26. The fraction of sp³-hybridized carbons (Fsp3) is 0.600. The Morgan fingerprint density at radius 1 is 1.29 bits per heavy atom. The third-order valence-corrected chi connectivity index (χ3v) is 5.78. The van der Waals surface area contributed by atoms with Crippen LogP contribution in [0.2, 0.25) is 0 Å². The third-order valence-electron chi connectivity index (χ3n) is 4.15. The molecule has 2 rings (SSSR count). The summed E-state index contributed by atoms with van der Waals surface area (Å²) in [5.74, 6) is 0.451. The predicted molar refractivity (Wildman–Crippen MR) is 84.9 cm³/mol. The van der Waals surface area contributed by atoms with Gasteiger partial charge in [0.1, 0.15) is 0 Å². The molecule has 1 saturated heterocycles. The van der Waals surface area contributed by atoms with E-state index < -0.39 is 10.2 Å². The van der Waals surface area contributed by atoms with Crippen molar-refractivity contribution in [3.63, 3.8) is 0 Å². The Bertz CT molecular complexity index is 525. The van der Waals surface area contributed by atoms with Crippen molar-refractivity contribution < 1.29 is 8.42 Å². The van der Waals surface area contributed by atoms with Gasteiger partial charge in [0.05, 0.1) is 0 Å². The fourth-order valence-corrected chi connectivity index (χ4v) is 4.21. The van der Waals surface area contributed by atoms with Gasteiger partial charge in [0.2, 0.25) is 0 Å². The van der Waals surface area contributed by atoms with Gasteiger partial charge in [-0.2, -0.15) is 17.4 Å². The van der Waals surface area contributed by atoms with Crippen LogP contribution in [0.5, 0.6) is 0 Å². The minimum absolute atomic E-state index is 0.177. The summed E-state index contributed by atoms with van der Waals surface area (Å²) in [6.45, 7) is 3.74. The molecule has 1 aliphatic rings. The van der Waals surface area contributed by atoms with Crippen LogP contribution in [0.4, 0.5) is 0 Å². The van der Waals surface area contributed by atoms with E-state index in [9.17, 15) is 8.42 Å². The van der Waals surface area contributed by atoms with E-state index in [-0.39, 0.29) is 6.04 Å². The summed E-state index contributed by atoms with van der Waals surface area (Å²) in [5, 5.41) is 0. The van der Waals surface area contributed by atoms with Gasteiger partial charge >= 0.3 is 0 Å². The zero-order valence-electron chi connectivity index (χ0n) is 12.5. The van der Waals surface area contributed by atoms with Crippen LogP contribution in [0.1, 0.15) is 37.8 Å². The monoisotopic (exact) mass is 311 g/mol. The van der Waals surface area contributed by atoms with E-state index in [0.29, 0.717) is 25.6 Å². The van der Waals surface area contributed by atoms with Crippen LogP contribution in [0.3, 0.4) is 0 Å². The highest BCUT2D eigenvalue weighted by molar-refractivity contribution is 7.87. The number of nitrogens with zero attached hydrogens (tertiary/aromatic N) is 1. The number of nitrogens with one attached hydrogen (secondary N) is 1. The quantitative estimate of drug-likeness (QED) is 0.838. The number of hydrogen-bond acceptors (Lipinski definition) is 3. The Balaban J connectivity index is 2.03. The second-order valence-corrected chi connectivity index (χ2v) is 7.27. The van der Waals surface area contributed by atoms with Crippen molar-refractivity contribution in [3.05, 3.63) is 35.9 Å². The summed E-state index contributed by atoms with van der Waals surface area (Å²) in [5.41, 5.74) is 6.65. The molecule has 1 unspecified atom stereocenters. The van der Waals surface area contributed by atoms with E-state index in [4.69, 9.17) is 5.73 Å². The van der Waals surface area contributed by atoms with E-state index in [0.717, 1.165) is 24.8 Å². The van der Waals surface area contributed by atoms with Crippen LogP contribution in [0.15, 0.2) is 30.3 Å². The molecular formula is C15H25N3O2S. The number of hydrogen-bond donors (Lipinski definition) is 2. The van der Waals surface area contributed by atoms with Gasteiger partial charge in [0.15, 0.2) is 0 Å². The second-order valence-electron chi connectivity index (χ2n) is 5.57. The van der Waals surface area contributed by atoms with Gasteiger partial charge in [-0.05, 0) is 37.3 Å². The first-order valence-corrected chi connectivity index (χ1v) is 9.03. The number of benzene rings is 1. The largest absolute Gasteiger partial charge is 0.330 e. The van der Waals surface area contributed by atoms with Gasteiger partial charge in [-0.3, -0.25) is 0 Å². The molecule has 0 radical (unpaired) electrons. The first-order chi connectivity index (χ1) is 10.1. The fourth-order valence-electron chi connectivity index (χ4n) is 2.71. The molecule has 1 aromatic carbocycles. The van der Waals surface area contributed by atoms with Gasteiger partial charge in [0.25, 0.3) is 10.2 Å². The second kappa shape index (κ2) is 7.35. The summed E-state index contributed by atoms with van der Waals surface area (Å²) < 4.78 is 29.4. The highest BCUT2D eigenvalue weighted by Crippen LogP contribution is 2.21. The minimum atomic E-state index is -3.43. The molecule has 1 atom stereocenters. The normalized spacial score (nSPS) is 19.5. The molecule has 1 aromatic rings. The Morgan fingerprint density at radius 3 is 2.43 bits per heavy atom. The van der Waals surface area contributed by atoms with Crippen molar-refractivity contribution in [2.24, 2.45) is 11.7 Å². The Morgan fingerprint density at radius 2 is 1.90 bits per heavy atom. The molecule has 1 fully saturated rings. The smallest absolute Gasteiger partial charge is 0.280 e. The topological polar surface area (TPSA) is 75.4 Å². The van der Waals surface area contributed by atoms with Crippen LogP contribution in [-0.2, 0) is 10.2 Å². The van der Waals surface area contributed by atoms with Crippen molar-refractivity contribution in [1.29, 1.82) is 0 Å². The van der Waals surface area contributed by atoms with E-state index in [1.54, 1.807) is 4.31 Å². The number of rotatable bonds is 6. The molecular weight excluding hydrogens is 286 g/mol. The molecule has 21 heavy (non-hydrogen) atoms. The molecule has 5 nitrogen and oxygen atoms in total. The van der Waals surface area contributed by atoms with Gasteiger partial charge in [-0.25, -0.2) is 0 Å². The molecule has 0 saturated carbocycles. The maximum atomic E-state index is 12.5. The van der Waals surface area contributed by atoms with Gasteiger partial charge in [-0.1, -0.05) is 37.3 Å². The molecule has 0 spiro atoms. The van der Waals surface area contributed by atoms with Crippen molar-refractivity contribution in [3.8, 4) is 0 Å². The molecule has 1 heterocycles. The van der Waals surface area contributed by atoms with Crippen molar-refractivity contribution in [1.82, 2.24) is 9.03 Å². The molecule has 6 heteroatoms. The van der Waals surface area contributed by atoms with Crippen LogP contribution < -0.4 is 10.5 Å². The number of nitrogens with two attached hydrogens (primary N) is 1. The summed E-state index contributed by atoms with van der Waals surface area (Å²) in [6, 6.07) is 9.53. The zero-order valence-corrected chi connectivity index (χ0v) is 13.3. The average Bonchev–Trinajstić information content (AvgIpc) is 2.53. The lowest BCUT2D eigenvalue weighted by Gasteiger charge is -2.32. The van der Waals surface area contributed by atoms with Crippen molar-refractivity contribution in [2.75, 3.05) is 19.6 Å². The standard InChI is InChI=1S/C15H25N3O2S/c1-2-15(14-6-4-3-5-7-14)17-21(19,20)18-10-8-13(12-16)9-11-18/h3-7,13,15,17H,2,8-12,16H2,1H3. The van der Waals surface area contributed by atoms with E-state index in [1.165, 1.54) is 0 Å². The summed E-state index contributed by atoms with van der Waals surface area (Å²) in [6.07, 6.45) is 2.42. The van der Waals surface area contributed by atoms with Crippen molar-refractivity contribution in [2.45, 2.75) is 32.2 Å². The Labute approximate surface area is 127 Å². The van der Waals surface area contributed by atoms with E-state index in [1.807, 2.05) is 37.3 Å². The lowest BCUT2D eigenvalue weighted by molar-refractivity contribution is 0.274. The first-order valence-electron chi connectivity index (χ1n) is 7.59. The van der Waals surface area contributed by atoms with Crippen LogP contribution in [0.25, 0.3) is 0 Å². The summed E-state index contributed by atoms with van der Waals surface area (Å²) >= 11 is 0. The lowest BCUT2D eigenvalue weighted by Crippen LogP contribution is -2.46. The van der Waals surface area contributed by atoms with E-state index >= 15 is 0 Å². The molecule has 0 bridgehead atoms. The molecule has 1 aliphatic heterocycles. The lowest BCUT2D eigenvalue weighted by atomic mass is 9.99. The van der Waals surface area contributed by atoms with E-state index in [2.05, 4.69) is 4.72 Å². The molecule has 0 aliphatic carbocycles. The minimum Gasteiger partial charge on any atom is -0.330 e. The summed E-state index contributed by atoms with van der Waals surface area (Å²) in [4.78, 5) is 0. The highest BCUT2D eigenvalue weighted by atomic mass is 32.2. The first kappa shape index (κ1) is 16.4. The van der Waals surface area contributed by atoms with Crippen molar-refractivity contribution >= 4 is 10.2 Å². The SMILES string of the molecule is CCC(NS(=O)(=O)N1CCC(CN)CC1)c1ccccc1.